The molecule has 7 heteroatoms. The Morgan fingerprint density at radius 1 is 1.26 bits per heavy atom. The van der Waals surface area contributed by atoms with Crippen LogP contribution in [0, 0.1) is 5.41 Å². The summed E-state index contributed by atoms with van der Waals surface area (Å²) in [6.45, 7) is 3.99. The van der Waals surface area contributed by atoms with Crippen LogP contribution in [0.3, 0.4) is 0 Å². The van der Waals surface area contributed by atoms with Crippen LogP contribution < -0.4 is 9.47 Å². The summed E-state index contributed by atoms with van der Waals surface area (Å²) >= 11 is 0. The first-order chi connectivity index (χ1) is 12.9. The molecule has 2 heterocycles. The van der Waals surface area contributed by atoms with Gasteiger partial charge in [-0.25, -0.2) is 4.79 Å². The average Bonchev–Trinajstić information content (AvgIpc) is 2.63. The average molecular weight is 378 g/mol. The lowest BCUT2D eigenvalue weighted by Gasteiger charge is -2.48. The molecular weight excluding hydrogens is 348 g/mol. The number of likely N-dealkylation sites (tertiary alicyclic amines) is 2. The van der Waals surface area contributed by atoms with Gasteiger partial charge in [0.15, 0.2) is 11.5 Å². The molecule has 0 aliphatic carbocycles. The van der Waals surface area contributed by atoms with Crippen LogP contribution in [0.5, 0.6) is 11.5 Å². The number of ether oxygens (including phenoxy) is 2. The number of piperidine rings is 2. The SMILES string of the molecule is COc1ccc(CN2CC(O)CC3(CCN(C)CC3)C2)c(C(=O)O)c1OC. The highest BCUT2D eigenvalue weighted by Gasteiger charge is 2.41. The van der Waals surface area contributed by atoms with Crippen molar-refractivity contribution in [2.24, 2.45) is 5.41 Å². The van der Waals surface area contributed by atoms with Gasteiger partial charge in [-0.15, -0.1) is 0 Å². The number of rotatable bonds is 5. The number of nitrogens with zero attached hydrogens (tertiary/aromatic N) is 2. The number of benzene rings is 1. The van der Waals surface area contributed by atoms with E-state index in [2.05, 4.69) is 16.8 Å². The zero-order valence-electron chi connectivity index (χ0n) is 16.4. The van der Waals surface area contributed by atoms with E-state index in [-0.39, 0.29) is 22.8 Å². The van der Waals surface area contributed by atoms with Crippen LogP contribution in [-0.4, -0.2) is 79.5 Å². The van der Waals surface area contributed by atoms with E-state index in [1.807, 2.05) is 0 Å². The topological polar surface area (TPSA) is 82.5 Å². The summed E-state index contributed by atoms with van der Waals surface area (Å²) in [4.78, 5) is 16.4. The van der Waals surface area contributed by atoms with Gasteiger partial charge < -0.3 is 24.6 Å². The molecule has 2 aliphatic rings. The lowest BCUT2D eigenvalue weighted by molar-refractivity contribution is -0.0408. The Hall–Kier alpha value is -1.83. The Morgan fingerprint density at radius 2 is 1.96 bits per heavy atom. The molecule has 27 heavy (non-hydrogen) atoms. The minimum Gasteiger partial charge on any atom is -0.493 e. The maximum Gasteiger partial charge on any atom is 0.339 e. The van der Waals surface area contributed by atoms with Crippen molar-refractivity contribution in [2.45, 2.75) is 31.9 Å². The van der Waals surface area contributed by atoms with Crippen LogP contribution in [0.1, 0.15) is 35.2 Å². The number of β-amino-alcohol motifs (C(OH)–C–C–N with tert-alkyl or cyclic N) is 1. The fourth-order valence-corrected chi connectivity index (χ4v) is 4.62. The van der Waals surface area contributed by atoms with E-state index in [1.54, 1.807) is 12.1 Å². The standard InChI is InChI=1S/C20H30N2O5/c1-21-8-6-20(7-9-21)10-15(23)12-22(13-20)11-14-4-5-16(26-2)18(27-3)17(14)19(24)25/h4-5,15,23H,6-13H2,1-3H3,(H,24,25). The lowest BCUT2D eigenvalue weighted by atomic mass is 9.71. The van der Waals surface area contributed by atoms with Gasteiger partial charge in [-0.1, -0.05) is 6.07 Å². The van der Waals surface area contributed by atoms with Gasteiger partial charge >= 0.3 is 5.97 Å². The van der Waals surface area contributed by atoms with Crippen molar-refractivity contribution in [3.63, 3.8) is 0 Å². The van der Waals surface area contributed by atoms with Gasteiger partial charge in [-0.05, 0) is 56.4 Å². The number of methoxy groups -OCH3 is 2. The van der Waals surface area contributed by atoms with Gasteiger partial charge in [0, 0.05) is 19.6 Å². The number of carbonyl (C=O) groups is 1. The predicted molar refractivity (Wildman–Crippen MR) is 102 cm³/mol. The first-order valence-corrected chi connectivity index (χ1v) is 9.43. The normalized spacial score (nSPS) is 23.3. The van der Waals surface area contributed by atoms with E-state index in [4.69, 9.17) is 9.47 Å². The first-order valence-electron chi connectivity index (χ1n) is 9.43. The van der Waals surface area contributed by atoms with E-state index in [1.165, 1.54) is 14.2 Å². The number of carboxylic acid groups (broad SMARTS) is 1. The molecule has 2 N–H and O–H groups in total. The summed E-state index contributed by atoms with van der Waals surface area (Å²) in [5, 5.41) is 20.2. The minimum absolute atomic E-state index is 0.115. The van der Waals surface area contributed by atoms with Crippen LogP contribution in [0.4, 0.5) is 0 Å². The predicted octanol–water partition coefficient (Wildman–Crippen LogP) is 1.68. The molecule has 1 unspecified atom stereocenters. The van der Waals surface area contributed by atoms with Crippen molar-refractivity contribution >= 4 is 5.97 Å². The van der Waals surface area contributed by atoms with Crippen molar-refractivity contribution in [3.8, 4) is 11.5 Å². The van der Waals surface area contributed by atoms with Gasteiger partial charge in [-0.2, -0.15) is 0 Å². The van der Waals surface area contributed by atoms with E-state index in [9.17, 15) is 15.0 Å². The van der Waals surface area contributed by atoms with Crippen molar-refractivity contribution in [1.29, 1.82) is 0 Å². The summed E-state index contributed by atoms with van der Waals surface area (Å²) in [5.41, 5.74) is 0.927. The molecule has 3 rings (SSSR count). The van der Waals surface area contributed by atoms with Gasteiger partial charge in [0.25, 0.3) is 0 Å². The number of hydrogen-bond acceptors (Lipinski definition) is 6. The first kappa shape index (κ1) is 19.9. The van der Waals surface area contributed by atoms with Crippen molar-refractivity contribution in [2.75, 3.05) is 47.4 Å². The van der Waals surface area contributed by atoms with Gasteiger partial charge in [0.2, 0.25) is 0 Å². The molecule has 0 amide bonds. The molecule has 2 fully saturated rings. The molecule has 0 saturated carbocycles. The van der Waals surface area contributed by atoms with E-state index in [0.29, 0.717) is 24.4 Å². The van der Waals surface area contributed by atoms with Crippen LogP contribution in [0.15, 0.2) is 12.1 Å². The Balaban J connectivity index is 1.85. The second kappa shape index (κ2) is 8.04. The number of aromatic carboxylic acids is 1. The Morgan fingerprint density at radius 3 is 2.56 bits per heavy atom. The van der Waals surface area contributed by atoms with Crippen molar-refractivity contribution in [1.82, 2.24) is 9.80 Å². The second-order valence-corrected chi connectivity index (χ2v) is 7.97. The van der Waals surface area contributed by atoms with Crippen molar-refractivity contribution in [3.05, 3.63) is 23.3 Å². The Bertz CT molecular complexity index is 685. The Kier molecular flexibility index (Phi) is 5.93. The summed E-state index contributed by atoms with van der Waals surface area (Å²) in [5.74, 6) is -0.384. The number of aliphatic hydroxyl groups excluding tert-OH is 1. The molecular formula is C20H30N2O5. The lowest BCUT2D eigenvalue weighted by Crippen LogP contribution is -2.53. The zero-order valence-corrected chi connectivity index (χ0v) is 16.4. The Labute approximate surface area is 160 Å². The maximum absolute atomic E-state index is 11.9. The quantitative estimate of drug-likeness (QED) is 0.807. The summed E-state index contributed by atoms with van der Waals surface area (Å²) in [7, 11) is 5.08. The molecule has 2 saturated heterocycles. The number of aliphatic hydroxyl groups is 1. The molecule has 1 aromatic carbocycles. The molecule has 2 aliphatic heterocycles. The minimum atomic E-state index is -1.03. The largest absolute Gasteiger partial charge is 0.493 e. The third-order valence-electron chi connectivity index (χ3n) is 5.98. The van der Waals surface area contributed by atoms with E-state index in [0.717, 1.165) is 38.9 Å². The highest BCUT2D eigenvalue weighted by molar-refractivity contribution is 5.93. The molecule has 1 atom stereocenters. The molecule has 1 spiro atoms. The smallest absolute Gasteiger partial charge is 0.339 e. The summed E-state index contributed by atoms with van der Waals surface area (Å²) in [6.07, 6.45) is 2.58. The number of hydrogen-bond donors (Lipinski definition) is 2. The second-order valence-electron chi connectivity index (χ2n) is 7.97. The third kappa shape index (κ3) is 4.20. The number of carboxylic acids is 1. The van der Waals surface area contributed by atoms with Crippen LogP contribution in [-0.2, 0) is 6.54 Å². The monoisotopic (exact) mass is 378 g/mol. The molecule has 0 radical (unpaired) electrons. The van der Waals surface area contributed by atoms with E-state index >= 15 is 0 Å². The van der Waals surface area contributed by atoms with Crippen molar-refractivity contribution < 1.29 is 24.5 Å². The van der Waals surface area contributed by atoms with Gasteiger partial charge in [-0.3, -0.25) is 4.90 Å². The molecule has 0 aromatic heterocycles. The molecule has 7 nitrogen and oxygen atoms in total. The molecule has 1 aromatic rings. The van der Waals surface area contributed by atoms with Gasteiger partial charge in [0.1, 0.15) is 5.56 Å². The fraction of sp³-hybridized carbons (Fsp3) is 0.650. The highest BCUT2D eigenvalue weighted by Crippen LogP contribution is 2.41. The van der Waals surface area contributed by atoms with Crippen LogP contribution >= 0.6 is 0 Å². The third-order valence-corrected chi connectivity index (χ3v) is 5.98. The zero-order chi connectivity index (χ0) is 19.6. The summed E-state index contributed by atoms with van der Waals surface area (Å²) < 4.78 is 10.6. The van der Waals surface area contributed by atoms with E-state index < -0.39 is 5.97 Å². The molecule has 150 valence electrons. The van der Waals surface area contributed by atoms with Gasteiger partial charge in [0.05, 0.1) is 20.3 Å². The summed E-state index contributed by atoms with van der Waals surface area (Å²) in [6, 6.07) is 3.53. The van der Waals surface area contributed by atoms with Crippen LogP contribution in [0.25, 0.3) is 0 Å². The maximum atomic E-state index is 11.9. The molecule has 0 bridgehead atoms. The highest BCUT2D eigenvalue weighted by atomic mass is 16.5. The van der Waals surface area contributed by atoms with Crippen LogP contribution in [0.2, 0.25) is 0 Å². The fourth-order valence-electron chi connectivity index (χ4n) is 4.62.